The molecule has 6 nitrogen and oxygen atoms in total. The van der Waals surface area contributed by atoms with Gasteiger partial charge in [0, 0.05) is 18.2 Å². The van der Waals surface area contributed by atoms with Crippen molar-refractivity contribution in [2.75, 3.05) is 13.2 Å². The fourth-order valence-corrected chi connectivity index (χ4v) is 2.10. The van der Waals surface area contributed by atoms with Gasteiger partial charge in [-0.2, -0.15) is 0 Å². The van der Waals surface area contributed by atoms with Crippen molar-refractivity contribution in [1.29, 1.82) is 0 Å². The summed E-state index contributed by atoms with van der Waals surface area (Å²) in [6.45, 7) is 6.21. The third-order valence-electron chi connectivity index (χ3n) is 3.71. The molecule has 23 heavy (non-hydrogen) atoms. The predicted molar refractivity (Wildman–Crippen MR) is 84.1 cm³/mol. The molecule has 1 aromatic heterocycles. The summed E-state index contributed by atoms with van der Waals surface area (Å²) in [5, 5.41) is 0. The Bertz CT molecular complexity index is 543. The van der Waals surface area contributed by atoms with E-state index >= 15 is 0 Å². The van der Waals surface area contributed by atoms with Crippen molar-refractivity contribution < 1.29 is 19.1 Å². The van der Waals surface area contributed by atoms with Crippen LogP contribution in [0.2, 0.25) is 0 Å². The minimum absolute atomic E-state index is 0.0698. The lowest BCUT2D eigenvalue weighted by molar-refractivity contribution is -0.155. The van der Waals surface area contributed by atoms with Crippen molar-refractivity contribution in [2.24, 2.45) is 5.41 Å². The lowest BCUT2D eigenvalue weighted by Crippen LogP contribution is -2.25. The first-order valence-electron chi connectivity index (χ1n) is 7.97. The minimum atomic E-state index is -0.413. The maximum Gasteiger partial charge on any atom is 0.208 e. The van der Waals surface area contributed by atoms with E-state index in [-0.39, 0.29) is 36.6 Å². The van der Waals surface area contributed by atoms with Crippen LogP contribution in [0.1, 0.15) is 56.2 Å². The number of aromatic nitrogens is 2. The number of ether oxygens (including phenoxy) is 2. The first-order chi connectivity index (χ1) is 10.9. The standard InChI is InChI=1S/C17H24N2O4/c1-17(2,3)15(21)8-12-9-19-13(10-18-12)14(20)11-23-16-6-4-5-7-22-16/h9-10,16H,4-8,11H2,1-3H3. The van der Waals surface area contributed by atoms with Gasteiger partial charge in [-0.3, -0.25) is 14.6 Å². The summed E-state index contributed by atoms with van der Waals surface area (Å²) in [7, 11) is 0. The smallest absolute Gasteiger partial charge is 0.208 e. The lowest BCUT2D eigenvalue weighted by atomic mass is 9.88. The van der Waals surface area contributed by atoms with Gasteiger partial charge in [-0.15, -0.1) is 0 Å². The first-order valence-corrected chi connectivity index (χ1v) is 7.97. The Labute approximate surface area is 136 Å². The maximum atomic E-state index is 12.0. The number of hydrogen-bond acceptors (Lipinski definition) is 6. The van der Waals surface area contributed by atoms with Crippen LogP contribution in [-0.4, -0.2) is 41.0 Å². The molecule has 1 aliphatic heterocycles. The van der Waals surface area contributed by atoms with Gasteiger partial charge in [0.2, 0.25) is 5.78 Å². The van der Waals surface area contributed by atoms with Gasteiger partial charge in [0.05, 0.1) is 18.3 Å². The fraction of sp³-hybridized carbons (Fsp3) is 0.647. The van der Waals surface area contributed by atoms with Crippen molar-refractivity contribution in [1.82, 2.24) is 9.97 Å². The zero-order chi connectivity index (χ0) is 16.9. The number of hydrogen-bond donors (Lipinski definition) is 0. The third-order valence-corrected chi connectivity index (χ3v) is 3.71. The summed E-state index contributed by atoms with van der Waals surface area (Å²) < 4.78 is 10.9. The topological polar surface area (TPSA) is 78.4 Å². The van der Waals surface area contributed by atoms with Gasteiger partial charge in [-0.25, -0.2) is 4.98 Å². The van der Waals surface area contributed by atoms with Gasteiger partial charge >= 0.3 is 0 Å². The monoisotopic (exact) mass is 320 g/mol. The summed E-state index contributed by atoms with van der Waals surface area (Å²) in [5.74, 6) is -0.149. The molecule has 1 fully saturated rings. The molecule has 1 aromatic rings. The zero-order valence-corrected chi connectivity index (χ0v) is 14.0. The van der Waals surface area contributed by atoms with E-state index in [0.717, 1.165) is 19.3 Å². The van der Waals surface area contributed by atoms with E-state index in [2.05, 4.69) is 9.97 Å². The number of carbonyl (C=O) groups is 2. The SMILES string of the molecule is CC(C)(C)C(=O)Cc1cnc(C(=O)COC2CCCCO2)cn1. The van der Waals surface area contributed by atoms with E-state index in [1.807, 2.05) is 20.8 Å². The van der Waals surface area contributed by atoms with Crippen LogP contribution >= 0.6 is 0 Å². The van der Waals surface area contributed by atoms with Gasteiger partial charge in [-0.1, -0.05) is 20.8 Å². The summed E-state index contributed by atoms with van der Waals surface area (Å²) in [4.78, 5) is 32.2. The molecule has 2 rings (SSSR count). The van der Waals surface area contributed by atoms with Crippen LogP contribution in [0, 0.1) is 5.41 Å². The first kappa shape index (κ1) is 17.7. The molecule has 6 heteroatoms. The van der Waals surface area contributed by atoms with Crippen LogP contribution in [0.25, 0.3) is 0 Å². The van der Waals surface area contributed by atoms with Crippen LogP contribution in [0.4, 0.5) is 0 Å². The molecule has 0 N–H and O–H groups in total. The Morgan fingerprint density at radius 3 is 2.61 bits per heavy atom. The second-order valence-corrected chi connectivity index (χ2v) is 6.77. The fourth-order valence-electron chi connectivity index (χ4n) is 2.10. The molecule has 1 unspecified atom stereocenters. The van der Waals surface area contributed by atoms with Crippen molar-refractivity contribution in [3.05, 3.63) is 23.8 Å². The largest absolute Gasteiger partial charge is 0.353 e. The molecular formula is C17H24N2O4. The average Bonchev–Trinajstić information content (AvgIpc) is 2.53. The zero-order valence-electron chi connectivity index (χ0n) is 14.0. The van der Waals surface area contributed by atoms with Crippen molar-refractivity contribution in [3.63, 3.8) is 0 Å². The molecule has 1 atom stereocenters. The molecule has 1 aliphatic rings. The van der Waals surface area contributed by atoms with E-state index in [1.165, 1.54) is 12.4 Å². The number of nitrogens with zero attached hydrogens (tertiary/aromatic N) is 2. The molecule has 0 saturated carbocycles. The molecule has 0 radical (unpaired) electrons. The van der Waals surface area contributed by atoms with E-state index < -0.39 is 5.41 Å². The Morgan fingerprint density at radius 2 is 2.04 bits per heavy atom. The van der Waals surface area contributed by atoms with Crippen molar-refractivity contribution in [2.45, 2.75) is 52.7 Å². The predicted octanol–water partition coefficient (Wildman–Crippen LogP) is 2.36. The number of rotatable bonds is 6. The van der Waals surface area contributed by atoms with Gasteiger partial charge in [0.1, 0.15) is 18.1 Å². The minimum Gasteiger partial charge on any atom is -0.353 e. The highest BCUT2D eigenvalue weighted by molar-refractivity contribution is 5.95. The highest BCUT2D eigenvalue weighted by Crippen LogP contribution is 2.17. The normalized spacial score (nSPS) is 18.7. The average molecular weight is 320 g/mol. The van der Waals surface area contributed by atoms with E-state index in [1.54, 1.807) is 0 Å². The Balaban J connectivity index is 1.86. The van der Waals surface area contributed by atoms with E-state index in [0.29, 0.717) is 12.3 Å². The van der Waals surface area contributed by atoms with Crippen LogP contribution in [0.5, 0.6) is 0 Å². The lowest BCUT2D eigenvalue weighted by Gasteiger charge is -2.22. The highest BCUT2D eigenvalue weighted by Gasteiger charge is 2.22. The number of ketones is 2. The van der Waals surface area contributed by atoms with E-state index in [4.69, 9.17) is 9.47 Å². The summed E-state index contributed by atoms with van der Waals surface area (Å²) in [6.07, 6.45) is 5.70. The molecule has 0 bridgehead atoms. The van der Waals surface area contributed by atoms with Crippen LogP contribution < -0.4 is 0 Å². The molecule has 0 aliphatic carbocycles. The molecular weight excluding hydrogens is 296 g/mol. The molecule has 0 spiro atoms. The van der Waals surface area contributed by atoms with Crippen LogP contribution in [-0.2, 0) is 20.7 Å². The second-order valence-electron chi connectivity index (χ2n) is 6.77. The van der Waals surface area contributed by atoms with E-state index in [9.17, 15) is 9.59 Å². The summed E-state index contributed by atoms with van der Waals surface area (Å²) >= 11 is 0. The second kappa shape index (κ2) is 7.75. The summed E-state index contributed by atoms with van der Waals surface area (Å²) in [5.41, 5.74) is 0.398. The quantitative estimate of drug-likeness (QED) is 0.749. The molecule has 1 saturated heterocycles. The Hall–Kier alpha value is -1.66. The maximum absolute atomic E-state index is 12.0. The number of carbonyl (C=O) groups excluding carboxylic acids is 2. The van der Waals surface area contributed by atoms with Crippen LogP contribution in [0.3, 0.4) is 0 Å². The molecule has 2 heterocycles. The molecule has 0 aromatic carbocycles. The van der Waals surface area contributed by atoms with Crippen LogP contribution in [0.15, 0.2) is 12.4 Å². The Kier molecular flexibility index (Phi) is 5.96. The van der Waals surface area contributed by atoms with Gasteiger partial charge in [0.25, 0.3) is 0 Å². The van der Waals surface area contributed by atoms with Gasteiger partial charge < -0.3 is 9.47 Å². The number of Topliss-reactive ketones (excluding diaryl/α,β-unsaturated/α-hetero) is 2. The van der Waals surface area contributed by atoms with Crippen molar-refractivity contribution in [3.8, 4) is 0 Å². The van der Waals surface area contributed by atoms with Crippen molar-refractivity contribution >= 4 is 11.6 Å². The summed E-state index contributed by atoms with van der Waals surface area (Å²) in [6, 6.07) is 0. The molecule has 126 valence electrons. The Morgan fingerprint density at radius 1 is 1.26 bits per heavy atom. The van der Waals surface area contributed by atoms with Gasteiger partial charge in [0.15, 0.2) is 6.29 Å². The third kappa shape index (κ3) is 5.48. The molecule has 0 amide bonds. The highest BCUT2D eigenvalue weighted by atomic mass is 16.7. The van der Waals surface area contributed by atoms with Gasteiger partial charge in [-0.05, 0) is 19.3 Å².